The molecule has 0 spiro atoms. The van der Waals surface area contributed by atoms with Crippen molar-refractivity contribution >= 4 is 23.1 Å². The Labute approximate surface area is 144 Å². The molecule has 3 aliphatic carbocycles. The Morgan fingerprint density at radius 2 is 0.750 bits per heavy atom. The predicted octanol–water partition coefficient (Wildman–Crippen LogP) is 3.18. The first-order chi connectivity index (χ1) is 11.4. The highest BCUT2D eigenvalue weighted by Gasteiger charge is 2.58. The summed E-state index contributed by atoms with van der Waals surface area (Å²) < 4.78 is 0. The third kappa shape index (κ3) is 2.91. The molecule has 132 valence electrons. The number of Topliss-reactive ketones (excluding diaryl/α,β-unsaturated/α-hetero) is 4. The summed E-state index contributed by atoms with van der Waals surface area (Å²) in [6.07, 6.45) is 5.28. The first kappa shape index (κ1) is 18.8. The van der Waals surface area contributed by atoms with Gasteiger partial charge in [0.2, 0.25) is 0 Å². The number of rotatable bonds is 8. The fourth-order valence-corrected chi connectivity index (χ4v) is 4.74. The van der Waals surface area contributed by atoms with E-state index < -0.39 is 23.7 Å². The summed E-state index contributed by atoms with van der Waals surface area (Å²) in [5.41, 5.74) is 0. The van der Waals surface area contributed by atoms with Crippen LogP contribution in [-0.4, -0.2) is 23.1 Å². The molecule has 0 aromatic rings. The quantitative estimate of drug-likeness (QED) is 0.640. The van der Waals surface area contributed by atoms with Crippen molar-refractivity contribution in [3.8, 4) is 0 Å². The minimum absolute atomic E-state index is 0.0393. The van der Waals surface area contributed by atoms with E-state index in [1.54, 1.807) is 27.7 Å². The molecule has 1 saturated carbocycles. The second kappa shape index (κ2) is 7.54. The lowest BCUT2D eigenvalue weighted by molar-refractivity contribution is -0.153. The number of hydrogen-bond donors (Lipinski definition) is 0. The van der Waals surface area contributed by atoms with E-state index in [4.69, 9.17) is 0 Å². The average molecular weight is 332 g/mol. The van der Waals surface area contributed by atoms with Gasteiger partial charge < -0.3 is 0 Å². The van der Waals surface area contributed by atoms with Gasteiger partial charge in [-0.1, -0.05) is 39.8 Å². The molecule has 0 heterocycles. The van der Waals surface area contributed by atoms with Gasteiger partial charge in [0.25, 0.3) is 0 Å². The monoisotopic (exact) mass is 332 g/mol. The van der Waals surface area contributed by atoms with Crippen molar-refractivity contribution < 1.29 is 19.2 Å². The van der Waals surface area contributed by atoms with Crippen LogP contribution >= 0.6 is 0 Å². The summed E-state index contributed by atoms with van der Waals surface area (Å²) >= 11 is 0. The summed E-state index contributed by atoms with van der Waals surface area (Å²) in [5.74, 6) is -2.24. The van der Waals surface area contributed by atoms with Crippen LogP contribution in [0, 0.1) is 35.5 Å². The molecule has 0 unspecified atom stereocenters. The van der Waals surface area contributed by atoms with E-state index in [-0.39, 0.29) is 35.0 Å². The maximum atomic E-state index is 12.6. The third-order valence-corrected chi connectivity index (χ3v) is 5.87. The molecule has 2 bridgehead atoms. The van der Waals surface area contributed by atoms with Crippen LogP contribution in [-0.2, 0) is 19.2 Å². The largest absolute Gasteiger partial charge is 0.299 e. The van der Waals surface area contributed by atoms with Crippen molar-refractivity contribution in [3.63, 3.8) is 0 Å². The van der Waals surface area contributed by atoms with Crippen molar-refractivity contribution in [1.29, 1.82) is 0 Å². The van der Waals surface area contributed by atoms with Gasteiger partial charge in [0, 0.05) is 49.4 Å². The Balaban J connectivity index is 2.56. The van der Waals surface area contributed by atoms with Gasteiger partial charge >= 0.3 is 0 Å². The molecule has 4 atom stereocenters. The summed E-state index contributed by atoms with van der Waals surface area (Å²) in [5, 5.41) is 0. The Kier molecular flexibility index (Phi) is 5.89. The molecule has 1 fully saturated rings. The van der Waals surface area contributed by atoms with Crippen molar-refractivity contribution in [1.82, 2.24) is 0 Å². The summed E-state index contributed by atoms with van der Waals surface area (Å²) in [4.78, 5) is 50.4. The number of ketones is 4. The fraction of sp³-hybridized carbons (Fsp3) is 0.700. The van der Waals surface area contributed by atoms with E-state index in [1.807, 2.05) is 12.2 Å². The zero-order chi connectivity index (χ0) is 18.0. The lowest BCUT2D eigenvalue weighted by Gasteiger charge is -2.51. The van der Waals surface area contributed by atoms with E-state index in [0.717, 1.165) is 0 Å². The molecule has 0 aromatic heterocycles. The van der Waals surface area contributed by atoms with Gasteiger partial charge in [-0.15, -0.1) is 0 Å². The highest BCUT2D eigenvalue weighted by molar-refractivity contribution is 5.96. The number of allylic oxidation sites excluding steroid dienone is 2. The first-order valence-corrected chi connectivity index (χ1v) is 9.21. The van der Waals surface area contributed by atoms with Crippen LogP contribution in [0.15, 0.2) is 12.2 Å². The standard InChI is InChI=1S/C20H28O4/c1-5-13(21)17-11-9-10-12(18(17)14(22)6-2)20(16(24)8-4)19(11)15(23)7-3/h9-12,17-20H,5-8H2,1-4H3/t11?,12?,17-,18-,19-,20-/m0/s1. The normalized spacial score (nSPS) is 34.2. The second-order valence-electron chi connectivity index (χ2n) is 6.92. The minimum Gasteiger partial charge on any atom is -0.299 e. The van der Waals surface area contributed by atoms with Crippen LogP contribution in [0.4, 0.5) is 0 Å². The number of carbonyl (C=O) groups is 4. The molecule has 0 saturated heterocycles. The number of carbonyl (C=O) groups excluding carboxylic acids is 4. The summed E-state index contributed by atoms with van der Waals surface area (Å²) in [7, 11) is 0. The summed E-state index contributed by atoms with van der Waals surface area (Å²) in [6, 6.07) is 0. The van der Waals surface area contributed by atoms with E-state index in [0.29, 0.717) is 25.7 Å². The first-order valence-electron chi connectivity index (χ1n) is 9.21. The van der Waals surface area contributed by atoms with Crippen LogP contribution in [0.2, 0.25) is 0 Å². The average Bonchev–Trinajstić information content (AvgIpc) is 2.64. The van der Waals surface area contributed by atoms with Gasteiger partial charge in [0.15, 0.2) is 0 Å². The van der Waals surface area contributed by atoms with Crippen LogP contribution in [0.1, 0.15) is 53.4 Å². The van der Waals surface area contributed by atoms with Crippen molar-refractivity contribution in [2.45, 2.75) is 53.4 Å². The van der Waals surface area contributed by atoms with Gasteiger partial charge in [-0.05, 0) is 11.8 Å². The zero-order valence-corrected chi connectivity index (χ0v) is 15.1. The van der Waals surface area contributed by atoms with Crippen molar-refractivity contribution in [2.75, 3.05) is 0 Å². The van der Waals surface area contributed by atoms with Gasteiger partial charge in [0.05, 0.1) is 0 Å². The van der Waals surface area contributed by atoms with Crippen LogP contribution in [0.5, 0.6) is 0 Å². The topological polar surface area (TPSA) is 68.3 Å². The van der Waals surface area contributed by atoms with Crippen LogP contribution < -0.4 is 0 Å². The molecule has 4 heteroatoms. The molecule has 0 aromatic carbocycles. The van der Waals surface area contributed by atoms with Gasteiger partial charge in [0.1, 0.15) is 23.1 Å². The Morgan fingerprint density at radius 1 is 0.542 bits per heavy atom. The lowest BCUT2D eigenvalue weighted by Crippen LogP contribution is -2.57. The van der Waals surface area contributed by atoms with Crippen LogP contribution in [0.3, 0.4) is 0 Å². The van der Waals surface area contributed by atoms with Gasteiger partial charge in [-0.3, -0.25) is 19.2 Å². The molecule has 0 amide bonds. The van der Waals surface area contributed by atoms with Gasteiger partial charge in [-0.25, -0.2) is 0 Å². The summed E-state index contributed by atoms with van der Waals surface area (Å²) in [6.45, 7) is 7.19. The van der Waals surface area contributed by atoms with E-state index in [1.165, 1.54) is 0 Å². The van der Waals surface area contributed by atoms with Crippen molar-refractivity contribution in [2.24, 2.45) is 35.5 Å². The fourth-order valence-electron chi connectivity index (χ4n) is 4.74. The van der Waals surface area contributed by atoms with Crippen molar-refractivity contribution in [3.05, 3.63) is 12.2 Å². The van der Waals surface area contributed by atoms with E-state index in [2.05, 4.69) is 0 Å². The highest BCUT2D eigenvalue weighted by Crippen LogP contribution is 2.53. The SMILES string of the molecule is CCC(=O)[C@@H]1C2C=CC([C@H]1C(=O)CC)[C@@H](C(=O)CC)[C@@H]2C(=O)CC. The maximum Gasteiger partial charge on any atom is 0.137 e. The van der Waals surface area contributed by atoms with Gasteiger partial charge in [-0.2, -0.15) is 0 Å². The third-order valence-electron chi connectivity index (χ3n) is 5.87. The molecule has 3 aliphatic rings. The Hall–Kier alpha value is -1.58. The van der Waals surface area contributed by atoms with E-state index in [9.17, 15) is 19.2 Å². The van der Waals surface area contributed by atoms with Crippen LogP contribution in [0.25, 0.3) is 0 Å². The molecule has 0 aliphatic heterocycles. The molecule has 3 rings (SSSR count). The maximum absolute atomic E-state index is 12.6. The Bertz CT molecular complexity index is 480. The molecular formula is C20H28O4. The smallest absolute Gasteiger partial charge is 0.137 e. The number of hydrogen-bond acceptors (Lipinski definition) is 4. The molecule has 0 N–H and O–H groups in total. The highest BCUT2D eigenvalue weighted by atomic mass is 16.1. The molecular weight excluding hydrogens is 304 g/mol. The second-order valence-corrected chi connectivity index (χ2v) is 6.92. The predicted molar refractivity (Wildman–Crippen MR) is 91.3 cm³/mol. The molecule has 0 radical (unpaired) electrons. The molecule has 4 nitrogen and oxygen atoms in total. The minimum atomic E-state index is -0.446. The lowest BCUT2D eigenvalue weighted by atomic mass is 9.49. The molecule has 24 heavy (non-hydrogen) atoms. The zero-order valence-electron chi connectivity index (χ0n) is 15.1. The number of fused-ring (bicyclic) bond motifs is 2. The Morgan fingerprint density at radius 3 is 0.917 bits per heavy atom. The van der Waals surface area contributed by atoms with E-state index >= 15 is 0 Å².